The van der Waals surface area contributed by atoms with Crippen LogP contribution in [-0.4, -0.2) is 0 Å². The lowest BCUT2D eigenvalue weighted by Gasteiger charge is -2.25. The molecule has 0 radical (unpaired) electrons. The lowest BCUT2D eigenvalue weighted by Crippen LogP contribution is -2.28. The molecule has 1 atom stereocenters. The molecule has 98 valence electrons. The first kappa shape index (κ1) is 12.0. The molecular formula is C15H13F2NO. The standard InChI is InChI=1S/C15H13F2NO/c1-15(12-4-2-10(16)7-13(12)17)8-9-6-11(18)3-5-14(9)19-15/h2-7H,8,18H2,1H3. The molecule has 1 unspecified atom stereocenters. The number of hydrogen-bond acceptors (Lipinski definition) is 2. The number of benzene rings is 2. The Bertz CT molecular complexity index is 657. The quantitative estimate of drug-likeness (QED) is 0.798. The molecular weight excluding hydrogens is 248 g/mol. The van der Waals surface area contributed by atoms with E-state index in [1.54, 1.807) is 19.1 Å². The molecule has 3 rings (SSSR count). The molecule has 0 saturated heterocycles. The maximum Gasteiger partial charge on any atom is 0.138 e. The Hall–Kier alpha value is -2.10. The molecule has 1 aliphatic heterocycles. The van der Waals surface area contributed by atoms with Gasteiger partial charge in [-0.2, -0.15) is 0 Å². The summed E-state index contributed by atoms with van der Waals surface area (Å²) in [5, 5.41) is 0. The predicted octanol–water partition coefficient (Wildman–Crippen LogP) is 3.40. The van der Waals surface area contributed by atoms with Gasteiger partial charge < -0.3 is 10.5 Å². The summed E-state index contributed by atoms with van der Waals surface area (Å²) in [6.07, 6.45) is 0.510. The summed E-state index contributed by atoms with van der Waals surface area (Å²) in [5.41, 5.74) is 6.83. The predicted molar refractivity (Wildman–Crippen MR) is 68.9 cm³/mol. The van der Waals surface area contributed by atoms with Crippen molar-refractivity contribution in [3.05, 3.63) is 59.2 Å². The minimum absolute atomic E-state index is 0.351. The lowest BCUT2D eigenvalue weighted by molar-refractivity contribution is 0.111. The second-order valence-electron chi connectivity index (χ2n) is 5.00. The van der Waals surface area contributed by atoms with Crippen LogP contribution in [0.25, 0.3) is 0 Å². The second-order valence-corrected chi connectivity index (χ2v) is 5.00. The molecule has 4 heteroatoms. The highest BCUT2D eigenvalue weighted by Crippen LogP contribution is 2.42. The smallest absolute Gasteiger partial charge is 0.138 e. The normalized spacial score (nSPS) is 21.0. The van der Waals surface area contributed by atoms with E-state index in [1.807, 2.05) is 6.07 Å². The Morgan fingerprint density at radius 3 is 2.68 bits per heavy atom. The molecule has 19 heavy (non-hydrogen) atoms. The Morgan fingerprint density at radius 2 is 1.95 bits per heavy atom. The van der Waals surface area contributed by atoms with Crippen molar-refractivity contribution >= 4 is 5.69 Å². The highest BCUT2D eigenvalue weighted by molar-refractivity contribution is 5.51. The number of nitrogens with two attached hydrogens (primary N) is 1. The molecule has 0 saturated carbocycles. The molecule has 0 aromatic heterocycles. The molecule has 2 aromatic carbocycles. The number of halogens is 2. The van der Waals surface area contributed by atoms with Crippen LogP contribution in [0.3, 0.4) is 0 Å². The maximum atomic E-state index is 13.9. The average molecular weight is 261 g/mol. The summed E-state index contributed by atoms with van der Waals surface area (Å²) in [4.78, 5) is 0. The van der Waals surface area contributed by atoms with E-state index in [2.05, 4.69) is 0 Å². The van der Waals surface area contributed by atoms with Gasteiger partial charge in [-0.25, -0.2) is 8.78 Å². The van der Waals surface area contributed by atoms with Crippen molar-refractivity contribution in [2.45, 2.75) is 18.9 Å². The molecule has 0 aliphatic carbocycles. The maximum absolute atomic E-state index is 13.9. The van der Waals surface area contributed by atoms with Crippen LogP contribution in [0.4, 0.5) is 14.5 Å². The van der Waals surface area contributed by atoms with Gasteiger partial charge in [0.15, 0.2) is 0 Å². The van der Waals surface area contributed by atoms with E-state index < -0.39 is 17.2 Å². The van der Waals surface area contributed by atoms with Crippen LogP contribution in [0.1, 0.15) is 18.1 Å². The van der Waals surface area contributed by atoms with Crippen LogP contribution in [0, 0.1) is 11.6 Å². The van der Waals surface area contributed by atoms with Crippen LogP contribution in [0.2, 0.25) is 0 Å². The molecule has 2 aromatic rings. The Morgan fingerprint density at radius 1 is 1.16 bits per heavy atom. The van der Waals surface area contributed by atoms with E-state index in [0.717, 1.165) is 11.6 Å². The van der Waals surface area contributed by atoms with Crippen LogP contribution in [0.5, 0.6) is 5.75 Å². The summed E-state index contributed by atoms with van der Waals surface area (Å²) in [6, 6.07) is 8.89. The van der Waals surface area contributed by atoms with Gasteiger partial charge in [0.25, 0.3) is 0 Å². The third-order valence-electron chi connectivity index (χ3n) is 3.45. The van der Waals surface area contributed by atoms with Gasteiger partial charge in [-0.1, -0.05) is 0 Å². The number of anilines is 1. The molecule has 0 amide bonds. The fourth-order valence-corrected chi connectivity index (χ4v) is 2.55. The van der Waals surface area contributed by atoms with Crippen molar-refractivity contribution in [3.63, 3.8) is 0 Å². The minimum Gasteiger partial charge on any atom is -0.482 e. The van der Waals surface area contributed by atoms with Gasteiger partial charge >= 0.3 is 0 Å². The van der Waals surface area contributed by atoms with Crippen LogP contribution < -0.4 is 10.5 Å². The number of nitrogen functional groups attached to an aromatic ring is 1. The van der Waals surface area contributed by atoms with E-state index in [0.29, 0.717) is 23.4 Å². The molecule has 0 spiro atoms. The molecule has 1 aliphatic rings. The van der Waals surface area contributed by atoms with Gasteiger partial charge in [-0.15, -0.1) is 0 Å². The van der Waals surface area contributed by atoms with E-state index in [4.69, 9.17) is 10.5 Å². The van der Waals surface area contributed by atoms with Gasteiger partial charge in [0.1, 0.15) is 23.0 Å². The number of hydrogen-bond donors (Lipinski definition) is 1. The van der Waals surface area contributed by atoms with Gasteiger partial charge in [-0.3, -0.25) is 0 Å². The number of ether oxygens (including phenoxy) is 1. The topological polar surface area (TPSA) is 35.2 Å². The molecule has 0 fully saturated rings. The first-order valence-electron chi connectivity index (χ1n) is 6.01. The van der Waals surface area contributed by atoms with Crippen molar-refractivity contribution in [3.8, 4) is 5.75 Å². The van der Waals surface area contributed by atoms with E-state index in [1.165, 1.54) is 12.1 Å². The Labute approximate surface area is 109 Å². The summed E-state index contributed by atoms with van der Waals surface area (Å²) in [6.45, 7) is 1.79. The molecule has 2 N–H and O–H groups in total. The van der Waals surface area contributed by atoms with Gasteiger partial charge in [-0.05, 0) is 37.3 Å². The zero-order chi connectivity index (χ0) is 13.6. The van der Waals surface area contributed by atoms with Crippen molar-refractivity contribution in [1.29, 1.82) is 0 Å². The zero-order valence-corrected chi connectivity index (χ0v) is 10.4. The average Bonchev–Trinajstić information content (AvgIpc) is 2.65. The van der Waals surface area contributed by atoms with Gasteiger partial charge in [0.05, 0.1) is 0 Å². The Balaban J connectivity index is 2.03. The molecule has 0 bridgehead atoms. The van der Waals surface area contributed by atoms with Crippen molar-refractivity contribution in [2.75, 3.05) is 5.73 Å². The van der Waals surface area contributed by atoms with Crippen molar-refractivity contribution in [1.82, 2.24) is 0 Å². The number of fused-ring (bicyclic) bond motifs is 1. The largest absolute Gasteiger partial charge is 0.482 e. The highest BCUT2D eigenvalue weighted by atomic mass is 19.1. The first-order chi connectivity index (χ1) is 8.98. The van der Waals surface area contributed by atoms with Crippen LogP contribution >= 0.6 is 0 Å². The van der Waals surface area contributed by atoms with E-state index >= 15 is 0 Å². The summed E-state index contributed by atoms with van der Waals surface area (Å²) in [7, 11) is 0. The van der Waals surface area contributed by atoms with E-state index in [9.17, 15) is 8.78 Å². The third-order valence-corrected chi connectivity index (χ3v) is 3.45. The fourth-order valence-electron chi connectivity index (χ4n) is 2.55. The third kappa shape index (κ3) is 1.93. The van der Waals surface area contributed by atoms with Gasteiger partial charge in [0, 0.05) is 29.3 Å². The van der Waals surface area contributed by atoms with Crippen LogP contribution in [0.15, 0.2) is 36.4 Å². The molecule has 1 heterocycles. The van der Waals surface area contributed by atoms with Crippen molar-refractivity contribution in [2.24, 2.45) is 0 Å². The summed E-state index contributed by atoms with van der Waals surface area (Å²) >= 11 is 0. The van der Waals surface area contributed by atoms with Gasteiger partial charge in [0.2, 0.25) is 0 Å². The second kappa shape index (κ2) is 3.95. The Kier molecular flexibility index (Phi) is 2.49. The van der Waals surface area contributed by atoms with E-state index in [-0.39, 0.29) is 0 Å². The monoisotopic (exact) mass is 261 g/mol. The zero-order valence-electron chi connectivity index (χ0n) is 10.4. The van der Waals surface area contributed by atoms with Crippen LogP contribution in [-0.2, 0) is 12.0 Å². The fraction of sp³-hybridized carbons (Fsp3) is 0.200. The van der Waals surface area contributed by atoms with Crippen molar-refractivity contribution < 1.29 is 13.5 Å². The SMILES string of the molecule is CC1(c2ccc(F)cc2F)Cc2cc(N)ccc2O1. The summed E-state index contributed by atoms with van der Waals surface area (Å²) < 4.78 is 32.7. The number of rotatable bonds is 1. The minimum atomic E-state index is -0.825. The molecule has 2 nitrogen and oxygen atoms in total. The summed E-state index contributed by atoms with van der Waals surface area (Å²) in [5.74, 6) is -0.492. The highest BCUT2D eigenvalue weighted by Gasteiger charge is 2.38. The lowest BCUT2D eigenvalue weighted by atomic mass is 9.90. The first-order valence-corrected chi connectivity index (χ1v) is 6.01.